The van der Waals surface area contributed by atoms with Crippen molar-refractivity contribution in [2.45, 2.75) is 18.8 Å². The predicted octanol–water partition coefficient (Wildman–Crippen LogP) is 1.80. The van der Waals surface area contributed by atoms with Gasteiger partial charge in [0.15, 0.2) is 0 Å². The second-order valence-electron chi connectivity index (χ2n) is 4.09. The summed E-state index contributed by atoms with van der Waals surface area (Å²) in [5.74, 6) is 2.23. The average Bonchev–Trinajstić information content (AvgIpc) is 2.25. The lowest BCUT2D eigenvalue weighted by Crippen LogP contribution is -2.33. The zero-order valence-electron chi connectivity index (χ0n) is 9.36. The summed E-state index contributed by atoms with van der Waals surface area (Å²) >= 11 is 0. The molecule has 0 saturated heterocycles. The van der Waals surface area contributed by atoms with Crippen LogP contribution < -0.4 is 10.1 Å². The zero-order valence-corrected chi connectivity index (χ0v) is 9.36. The standard InChI is InChI=1S/C12H18N2O/c1-13-8-9-5-6-10(9)12-11(15-2)4-3-7-14-12/h3-4,7,9-10,13H,5-6,8H2,1-2H3. The maximum atomic E-state index is 5.35. The van der Waals surface area contributed by atoms with Crippen molar-refractivity contribution >= 4 is 0 Å². The SMILES string of the molecule is CNCC1CCC1c1ncccc1OC. The van der Waals surface area contributed by atoms with E-state index in [1.54, 1.807) is 7.11 Å². The summed E-state index contributed by atoms with van der Waals surface area (Å²) in [6.45, 7) is 1.07. The van der Waals surface area contributed by atoms with Gasteiger partial charge in [-0.05, 0) is 44.5 Å². The fourth-order valence-electron chi connectivity index (χ4n) is 2.29. The number of aromatic nitrogens is 1. The molecule has 15 heavy (non-hydrogen) atoms. The van der Waals surface area contributed by atoms with Crippen LogP contribution in [0.15, 0.2) is 18.3 Å². The fraction of sp³-hybridized carbons (Fsp3) is 0.583. The van der Waals surface area contributed by atoms with E-state index in [9.17, 15) is 0 Å². The minimum atomic E-state index is 0.577. The number of rotatable bonds is 4. The van der Waals surface area contributed by atoms with E-state index in [-0.39, 0.29) is 0 Å². The summed E-state index contributed by atoms with van der Waals surface area (Å²) in [5.41, 5.74) is 1.13. The van der Waals surface area contributed by atoms with E-state index in [4.69, 9.17) is 4.74 Å². The number of nitrogens with zero attached hydrogens (tertiary/aromatic N) is 1. The van der Waals surface area contributed by atoms with Crippen LogP contribution in [0.5, 0.6) is 5.75 Å². The highest BCUT2D eigenvalue weighted by atomic mass is 16.5. The molecule has 3 nitrogen and oxygen atoms in total. The number of methoxy groups -OCH3 is 1. The van der Waals surface area contributed by atoms with Gasteiger partial charge in [0.25, 0.3) is 0 Å². The van der Waals surface area contributed by atoms with Crippen LogP contribution in [0.25, 0.3) is 0 Å². The third kappa shape index (κ3) is 1.97. The summed E-state index contributed by atoms with van der Waals surface area (Å²) in [6.07, 6.45) is 4.39. The Hall–Kier alpha value is -1.09. The molecule has 1 fully saturated rings. The molecule has 2 unspecified atom stereocenters. The number of hydrogen-bond donors (Lipinski definition) is 1. The lowest BCUT2D eigenvalue weighted by Gasteiger charge is -2.36. The summed E-state index contributed by atoms with van der Waals surface area (Å²) in [7, 11) is 3.72. The van der Waals surface area contributed by atoms with Gasteiger partial charge in [-0.25, -0.2) is 0 Å². The van der Waals surface area contributed by atoms with Gasteiger partial charge in [-0.1, -0.05) is 0 Å². The first-order valence-electron chi connectivity index (χ1n) is 5.50. The molecule has 1 heterocycles. The van der Waals surface area contributed by atoms with Gasteiger partial charge >= 0.3 is 0 Å². The largest absolute Gasteiger partial charge is 0.495 e. The van der Waals surface area contributed by atoms with Gasteiger partial charge in [-0.15, -0.1) is 0 Å². The van der Waals surface area contributed by atoms with Crippen LogP contribution >= 0.6 is 0 Å². The van der Waals surface area contributed by atoms with E-state index in [1.165, 1.54) is 12.8 Å². The van der Waals surface area contributed by atoms with Crippen LogP contribution in [0.2, 0.25) is 0 Å². The maximum absolute atomic E-state index is 5.35. The van der Waals surface area contributed by atoms with Crippen molar-refractivity contribution in [3.63, 3.8) is 0 Å². The van der Waals surface area contributed by atoms with Crippen molar-refractivity contribution < 1.29 is 4.74 Å². The van der Waals surface area contributed by atoms with Crippen LogP contribution in [-0.2, 0) is 0 Å². The minimum Gasteiger partial charge on any atom is -0.495 e. The molecule has 3 heteroatoms. The molecule has 1 saturated carbocycles. The molecule has 0 bridgehead atoms. The quantitative estimate of drug-likeness (QED) is 0.815. The van der Waals surface area contributed by atoms with Crippen LogP contribution in [0, 0.1) is 5.92 Å². The molecule has 0 spiro atoms. The van der Waals surface area contributed by atoms with Crippen molar-refractivity contribution in [2.24, 2.45) is 5.92 Å². The second-order valence-corrected chi connectivity index (χ2v) is 4.09. The minimum absolute atomic E-state index is 0.577. The van der Waals surface area contributed by atoms with Gasteiger partial charge in [0.1, 0.15) is 5.75 Å². The smallest absolute Gasteiger partial charge is 0.140 e. The van der Waals surface area contributed by atoms with Gasteiger partial charge < -0.3 is 10.1 Å². The Morgan fingerprint density at radius 3 is 3.00 bits per heavy atom. The zero-order chi connectivity index (χ0) is 10.7. The van der Waals surface area contributed by atoms with Crippen molar-refractivity contribution in [1.82, 2.24) is 10.3 Å². The van der Waals surface area contributed by atoms with E-state index in [1.807, 2.05) is 25.4 Å². The average molecular weight is 206 g/mol. The van der Waals surface area contributed by atoms with Gasteiger partial charge in [0, 0.05) is 12.1 Å². The van der Waals surface area contributed by atoms with Crippen LogP contribution in [0.1, 0.15) is 24.5 Å². The highest BCUT2D eigenvalue weighted by Gasteiger charge is 2.34. The van der Waals surface area contributed by atoms with Crippen LogP contribution in [-0.4, -0.2) is 25.7 Å². The first-order chi connectivity index (χ1) is 7.36. The number of hydrogen-bond acceptors (Lipinski definition) is 3. The predicted molar refractivity (Wildman–Crippen MR) is 60.2 cm³/mol. The molecule has 1 aliphatic rings. The molecule has 0 aliphatic heterocycles. The number of ether oxygens (including phenoxy) is 1. The molecule has 1 N–H and O–H groups in total. The van der Waals surface area contributed by atoms with Crippen LogP contribution in [0.3, 0.4) is 0 Å². The Balaban J connectivity index is 2.15. The van der Waals surface area contributed by atoms with Gasteiger partial charge in [0.05, 0.1) is 12.8 Å². The van der Waals surface area contributed by atoms with E-state index in [0.717, 1.165) is 23.9 Å². The Morgan fingerprint density at radius 1 is 1.53 bits per heavy atom. The Bertz CT molecular complexity index is 327. The van der Waals surface area contributed by atoms with Gasteiger partial charge in [-0.2, -0.15) is 0 Å². The summed E-state index contributed by atoms with van der Waals surface area (Å²) in [4.78, 5) is 4.45. The normalized spacial score (nSPS) is 24.7. The molecule has 0 amide bonds. The molecule has 1 aliphatic carbocycles. The summed E-state index contributed by atoms with van der Waals surface area (Å²) in [5, 5.41) is 3.24. The summed E-state index contributed by atoms with van der Waals surface area (Å²) in [6, 6.07) is 3.92. The lowest BCUT2D eigenvalue weighted by molar-refractivity contribution is 0.239. The molecular formula is C12H18N2O. The summed E-state index contributed by atoms with van der Waals surface area (Å²) < 4.78 is 5.35. The second kappa shape index (κ2) is 4.62. The number of pyridine rings is 1. The molecule has 82 valence electrons. The first-order valence-corrected chi connectivity index (χ1v) is 5.50. The molecule has 1 aromatic rings. The Kier molecular flexibility index (Phi) is 3.21. The van der Waals surface area contributed by atoms with Crippen molar-refractivity contribution in [2.75, 3.05) is 20.7 Å². The molecule has 2 rings (SSSR count). The molecular weight excluding hydrogens is 188 g/mol. The molecule has 0 aromatic carbocycles. The van der Waals surface area contributed by atoms with E-state index >= 15 is 0 Å². The Labute approximate surface area is 90.9 Å². The van der Waals surface area contributed by atoms with E-state index in [0.29, 0.717) is 5.92 Å². The van der Waals surface area contributed by atoms with Gasteiger partial charge in [0.2, 0.25) is 0 Å². The third-order valence-electron chi connectivity index (χ3n) is 3.25. The van der Waals surface area contributed by atoms with E-state index in [2.05, 4.69) is 10.3 Å². The van der Waals surface area contributed by atoms with E-state index < -0.39 is 0 Å². The third-order valence-corrected chi connectivity index (χ3v) is 3.25. The molecule has 2 atom stereocenters. The maximum Gasteiger partial charge on any atom is 0.140 e. The lowest BCUT2D eigenvalue weighted by atomic mass is 9.71. The highest BCUT2D eigenvalue weighted by molar-refractivity contribution is 5.31. The van der Waals surface area contributed by atoms with Crippen LogP contribution in [0.4, 0.5) is 0 Å². The monoisotopic (exact) mass is 206 g/mol. The number of nitrogens with one attached hydrogen (secondary N) is 1. The fourth-order valence-corrected chi connectivity index (χ4v) is 2.29. The highest BCUT2D eigenvalue weighted by Crippen LogP contribution is 2.44. The van der Waals surface area contributed by atoms with Crippen molar-refractivity contribution in [3.05, 3.63) is 24.0 Å². The Morgan fingerprint density at radius 2 is 2.40 bits per heavy atom. The molecule has 0 radical (unpaired) electrons. The van der Waals surface area contributed by atoms with Crippen molar-refractivity contribution in [1.29, 1.82) is 0 Å². The van der Waals surface area contributed by atoms with Gasteiger partial charge in [-0.3, -0.25) is 4.98 Å². The van der Waals surface area contributed by atoms with Crippen molar-refractivity contribution in [3.8, 4) is 5.75 Å². The topological polar surface area (TPSA) is 34.2 Å². The first kappa shape index (κ1) is 10.4. The molecule has 1 aromatic heterocycles.